The van der Waals surface area contributed by atoms with Gasteiger partial charge >= 0.3 is 23.9 Å². The van der Waals surface area contributed by atoms with Crippen LogP contribution in [0, 0.1) is 0 Å². The first-order chi connectivity index (χ1) is 20.9. The largest absolute Gasteiger partial charge is 0.423 e. The number of ether oxygens (including phenoxy) is 4. The van der Waals surface area contributed by atoms with Gasteiger partial charge in [-0.15, -0.1) is 0 Å². The van der Waals surface area contributed by atoms with E-state index in [2.05, 4.69) is 10.6 Å². The lowest BCUT2D eigenvalue weighted by Crippen LogP contribution is -2.23. The lowest BCUT2D eigenvalue weighted by molar-refractivity contribution is -0.134. The molecule has 44 heavy (non-hydrogen) atoms. The van der Waals surface area contributed by atoms with Gasteiger partial charge in [0.2, 0.25) is 11.8 Å². The maximum Gasteiger partial charge on any atom is 0.308 e. The van der Waals surface area contributed by atoms with Crippen LogP contribution in [0.1, 0.15) is 64.5 Å². The first-order valence-corrected chi connectivity index (χ1v) is 13.9. The Hall–Kier alpha value is -5.26. The lowest BCUT2D eigenvalue weighted by Gasteiger charge is -2.09. The number of amides is 2. The van der Waals surface area contributed by atoms with Crippen LogP contribution in [0.3, 0.4) is 0 Å². The molecule has 2 aromatic rings. The van der Waals surface area contributed by atoms with E-state index in [0.717, 1.165) is 25.7 Å². The summed E-state index contributed by atoms with van der Waals surface area (Å²) in [6.07, 6.45) is 9.03. The second-order valence-electron chi connectivity index (χ2n) is 9.45. The summed E-state index contributed by atoms with van der Waals surface area (Å²) >= 11 is 0. The predicted molar refractivity (Wildman–Crippen MR) is 161 cm³/mol. The Kier molecular flexibility index (Phi) is 14.5. The fraction of sp³-hybridized carbons (Fsp3) is 0.312. The number of unbranched alkanes of at least 4 members (excludes halogenated alkanes) is 3. The van der Waals surface area contributed by atoms with Crippen molar-refractivity contribution in [3.8, 4) is 23.0 Å². The van der Waals surface area contributed by atoms with Crippen molar-refractivity contribution in [3.05, 3.63) is 59.7 Å². The lowest BCUT2D eigenvalue weighted by atomic mass is 10.1. The minimum atomic E-state index is -0.574. The van der Waals surface area contributed by atoms with Crippen molar-refractivity contribution in [1.29, 1.82) is 0 Å². The fourth-order valence-electron chi connectivity index (χ4n) is 3.69. The Morgan fingerprint density at radius 1 is 0.523 bits per heavy atom. The van der Waals surface area contributed by atoms with E-state index in [1.165, 1.54) is 64.1 Å². The smallest absolute Gasteiger partial charge is 0.308 e. The van der Waals surface area contributed by atoms with E-state index in [9.17, 15) is 28.8 Å². The zero-order valence-electron chi connectivity index (χ0n) is 25.1. The van der Waals surface area contributed by atoms with Crippen LogP contribution in [-0.2, 0) is 28.8 Å². The summed E-state index contributed by atoms with van der Waals surface area (Å²) < 4.78 is 20.2. The molecule has 2 amide bonds. The van der Waals surface area contributed by atoms with Crippen LogP contribution in [0.2, 0.25) is 0 Å². The fourth-order valence-corrected chi connectivity index (χ4v) is 3.69. The van der Waals surface area contributed by atoms with Gasteiger partial charge in [-0.05, 0) is 60.4 Å². The quantitative estimate of drug-likeness (QED) is 0.131. The zero-order valence-corrected chi connectivity index (χ0v) is 25.1. The topological polar surface area (TPSA) is 163 Å². The molecule has 2 aromatic carbocycles. The molecule has 0 bridgehead atoms. The van der Waals surface area contributed by atoms with Crippen molar-refractivity contribution in [2.75, 3.05) is 13.1 Å². The predicted octanol–water partition coefficient (Wildman–Crippen LogP) is 3.91. The molecule has 0 aliphatic carbocycles. The van der Waals surface area contributed by atoms with E-state index in [0.29, 0.717) is 24.2 Å². The zero-order chi connectivity index (χ0) is 32.5. The van der Waals surface area contributed by atoms with Gasteiger partial charge < -0.3 is 29.6 Å². The van der Waals surface area contributed by atoms with Gasteiger partial charge in [-0.25, -0.2) is 0 Å². The van der Waals surface area contributed by atoms with Gasteiger partial charge in [0, 0.05) is 52.9 Å². The third-order valence-electron chi connectivity index (χ3n) is 5.51. The number of nitrogens with one attached hydrogen (secondary N) is 2. The standard InChI is InChI=1S/C32H36N2O10/c1-21(35)41-27-13-9-25(19-29(27)43-23(3)37)11-15-31(39)33-17-7-5-6-8-18-34-32(40)16-12-26-10-14-28(42-22(2)36)30(20-26)44-24(4)38/h9-16,19-20H,5-8,17-18H2,1-4H3,(H,33,39)(H,34,40)/b15-11+,16-12+. The monoisotopic (exact) mass is 608 g/mol. The minimum absolute atomic E-state index is 0.0737. The van der Waals surface area contributed by atoms with Crippen LogP contribution in [0.25, 0.3) is 12.2 Å². The molecule has 0 saturated heterocycles. The molecule has 0 aliphatic rings. The third kappa shape index (κ3) is 14.1. The number of benzene rings is 2. The Morgan fingerprint density at radius 2 is 0.864 bits per heavy atom. The van der Waals surface area contributed by atoms with Gasteiger partial charge in [0.1, 0.15) is 0 Å². The van der Waals surface area contributed by atoms with Crippen LogP contribution < -0.4 is 29.6 Å². The molecule has 0 heterocycles. The Bertz CT molecular complexity index is 1320. The number of hydrogen-bond acceptors (Lipinski definition) is 10. The second kappa shape index (κ2) is 18.3. The van der Waals surface area contributed by atoms with Crippen molar-refractivity contribution in [1.82, 2.24) is 10.6 Å². The van der Waals surface area contributed by atoms with E-state index >= 15 is 0 Å². The summed E-state index contributed by atoms with van der Waals surface area (Å²) in [6, 6.07) is 9.18. The second-order valence-corrected chi connectivity index (χ2v) is 9.45. The highest BCUT2D eigenvalue weighted by molar-refractivity contribution is 5.92. The number of esters is 4. The molecule has 0 radical (unpaired) electrons. The summed E-state index contributed by atoms with van der Waals surface area (Å²) in [5.74, 6) is -2.49. The molecule has 0 unspecified atom stereocenters. The normalized spacial score (nSPS) is 10.7. The van der Waals surface area contributed by atoms with E-state index in [1.54, 1.807) is 24.3 Å². The minimum Gasteiger partial charge on any atom is -0.423 e. The highest BCUT2D eigenvalue weighted by Crippen LogP contribution is 2.30. The van der Waals surface area contributed by atoms with Gasteiger partial charge in [0.25, 0.3) is 0 Å². The van der Waals surface area contributed by atoms with E-state index in [-0.39, 0.29) is 34.8 Å². The summed E-state index contributed by atoms with van der Waals surface area (Å²) in [5.41, 5.74) is 1.15. The average molecular weight is 609 g/mol. The number of carbonyl (C=O) groups is 6. The van der Waals surface area contributed by atoms with E-state index in [1.807, 2.05) is 0 Å². The SMILES string of the molecule is CC(=O)Oc1ccc(/C=C/C(=O)NCCCCCCNC(=O)/C=C/c2ccc(OC(C)=O)c(OC(C)=O)c2)cc1OC(C)=O. The molecule has 0 saturated carbocycles. The highest BCUT2D eigenvalue weighted by Gasteiger charge is 2.12. The van der Waals surface area contributed by atoms with Gasteiger partial charge in [0.15, 0.2) is 23.0 Å². The van der Waals surface area contributed by atoms with Crippen LogP contribution in [-0.4, -0.2) is 48.8 Å². The van der Waals surface area contributed by atoms with Gasteiger partial charge in [-0.2, -0.15) is 0 Å². The van der Waals surface area contributed by atoms with Crippen LogP contribution in [0.4, 0.5) is 0 Å². The van der Waals surface area contributed by atoms with Crippen molar-refractivity contribution >= 4 is 47.8 Å². The van der Waals surface area contributed by atoms with Crippen LogP contribution >= 0.6 is 0 Å². The van der Waals surface area contributed by atoms with Crippen LogP contribution in [0.5, 0.6) is 23.0 Å². The maximum absolute atomic E-state index is 12.1. The van der Waals surface area contributed by atoms with Crippen molar-refractivity contribution in [3.63, 3.8) is 0 Å². The Labute approximate surface area is 255 Å². The molecule has 0 aliphatic heterocycles. The third-order valence-corrected chi connectivity index (χ3v) is 5.51. The summed E-state index contributed by atoms with van der Waals surface area (Å²) in [7, 11) is 0. The average Bonchev–Trinajstić information content (AvgIpc) is 2.93. The van der Waals surface area contributed by atoms with Crippen LogP contribution in [0.15, 0.2) is 48.6 Å². The van der Waals surface area contributed by atoms with Gasteiger partial charge in [-0.1, -0.05) is 25.0 Å². The molecular formula is C32H36N2O10. The van der Waals surface area contributed by atoms with Crippen molar-refractivity contribution in [2.45, 2.75) is 53.4 Å². The molecule has 0 atom stereocenters. The van der Waals surface area contributed by atoms with Crippen molar-refractivity contribution < 1.29 is 47.7 Å². The molecule has 12 heteroatoms. The summed E-state index contributed by atoms with van der Waals surface area (Å²) in [6.45, 7) is 5.88. The molecule has 234 valence electrons. The van der Waals surface area contributed by atoms with Gasteiger partial charge in [-0.3, -0.25) is 28.8 Å². The number of rotatable bonds is 15. The number of hydrogen-bond donors (Lipinski definition) is 2. The number of carbonyl (C=O) groups excluding carboxylic acids is 6. The Balaban J connectivity index is 1.68. The summed E-state index contributed by atoms with van der Waals surface area (Å²) in [5, 5.41) is 5.59. The first kappa shape index (κ1) is 34.9. The van der Waals surface area contributed by atoms with Gasteiger partial charge in [0.05, 0.1) is 0 Å². The first-order valence-electron chi connectivity index (χ1n) is 13.9. The van der Waals surface area contributed by atoms with E-state index < -0.39 is 23.9 Å². The van der Waals surface area contributed by atoms with E-state index in [4.69, 9.17) is 18.9 Å². The van der Waals surface area contributed by atoms with Crippen molar-refractivity contribution in [2.24, 2.45) is 0 Å². The molecule has 0 spiro atoms. The molecular weight excluding hydrogens is 572 g/mol. The highest BCUT2D eigenvalue weighted by atomic mass is 16.6. The summed E-state index contributed by atoms with van der Waals surface area (Å²) in [4.78, 5) is 69.4. The Morgan fingerprint density at radius 3 is 1.20 bits per heavy atom. The maximum atomic E-state index is 12.1. The molecule has 0 fully saturated rings. The molecule has 0 aromatic heterocycles. The molecule has 2 rings (SSSR count). The molecule has 12 nitrogen and oxygen atoms in total. The molecule has 2 N–H and O–H groups in total.